The van der Waals surface area contributed by atoms with Gasteiger partial charge < -0.3 is 20.4 Å². The van der Waals surface area contributed by atoms with E-state index in [4.69, 9.17) is 15.5 Å². The van der Waals surface area contributed by atoms with Crippen LogP contribution in [0.5, 0.6) is 0 Å². The minimum absolute atomic E-state index is 0.00531. The summed E-state index contributed by atoms with van der Waals surface area (Å²) >= 11 is 3.02. The molecule has 0 bridgehead atoms. The van der Waals surface area contributed by atoms with Crippen molar-refractivity contribution < 1.29 is 28.5 Å². The van der Waals surface area contributed by atoms with Gasteiger partial charge in [-0.25, -0.2) is 14.5 Å². The van der Waals surface area contributed by atoms with Gasteiger partial charge in [-0.1, -0.05) is 18.2 Å². The molecule has 0 radical (unpaired) electrons. The minimum Gasteiger partial charge on any atom is -0.383 e. The van der Waals surface area contributed by atoms with E-state index in [0.717, 1.165) is 20.9 Å². The molecule has 34 heavy (non-hydrogen) atoms. The Morgan fingerprint density at radius 2 is 2.12 bits per heavy atom. The van der Waals surface area contributed by atoms with E-state index in [1.54, 1.807) is 19.9 Å². The van der Waals surface area contributed by atoms with Crippen molar-refractivity contribution in [3.05, 3.63) is 67.7 Å². The first kappa shape index (κ1) is 28.1. The first-order chi connectivity index (χ1) is 16.0. The zero-order valence-corrected chi connectivity index (χ0v) is 22.3. The Morgan fingerprint density at radius 1 is 1.38 bits per heavy atom. The van der Waals surface area contributed by atoms with Crippen molar-refractivity contribution >= 4 is 65.6 Å². The van der Waals surface area contributed by atoms with Crippen molar-refractivity contribution in [2.45, 2.75) is 26.8 Å². The standard InChI is InChI=1S/C21H24IN4O6PS/c1-14(26(13-27)12-17-11-24-15(2)25-21(17)23)19(8-9-32-33(29,30)31)34-20(28)7-6-16-4-3-5-18(22)10-16/h3-7,10-11,13H,8-9,12H2,1-2H3,(H2,23,24,25)(H2,29,30,31)/b7-6+,19-14-. The van der Waals surface area contributed by atoms with E-state index in [0.29, 0.717) is 28.4 Å². The van der Waals surface area contributed by atoms with Crippen LogP contribution >= 0.6 is 42.2 Å². The summed E-state index contributed by atoms with van der Waals surface area (Å²) in [6, 6.07) is 7.57. The number of aryl methyl sites for hydroxylation is 1. The summed E-state index contributed by atoms with van der Waals surface area (Å²) in [5.74, 6) is 0.713. The van der Waals surface area contributed by atoms with Crippen LogP contribution in [0.25, 0.3) is 6.08 Å². The molecular weight excluding hydrogens is 594 g/mol. The summed E-state index contributed by atoms with van der Waals surface area (Å²) < 4.78 is 16.6. The van der Waals surface area contributed by atoms with Crippen LogP contribution in [-0.4, -0.2) is 42.8 Å². The number of benzene rings is 1. The second kappa shape index (κ2) is 13.1. The van der Waals surface area contributed by atoms with E-state index in [1.165, 1.54) is 17.2 Å². The topological polar surface area (TPSA) is 156 Å². The van der Waals surface area contributed by atoms with E-state index < -0.39 is 7.82 Å². The van der Waals surface area contributed by atoms with Crippen LogP contribution in [0.4, 0.5) is 5.82 Å². The third-order valence-electron chi connectivity index (χ3n) is 4.39. The molecule has 0 aliphatic carbocycles. The van der Waals surface area contributed by atoms with E-state index in [9.17, 15) is 14.2 Å². The number of nitrogen functional groups attached to an aromatic ring is 1. The van der Waals surface area contributed by atoms with Crippen LogP contribution in [0.2, 0.25) is 0 Å². The smallest absolute Gasteiger partial charge is 0.383 e. The molecule has 1 aromatic carbocycles. The number of nitrogens with zero attached hydrogens (tertiary/aromatic N) is 3. The number of phosphoric acid groups is 1. The van der Waals surface area contributed by atoms with Crippen molar-refractivity contribution in [2.24, 2.45) is 0 Å². The van der Waals surface area contributed by atoms with E-state index in [2.05, 4.69) is 37.1 Å². The Kier molecular flexibility index (Phi) is 10.9. The van der Waals surface area contributed by atoms with Crippen LogP contribution in [0.1, 0.15) is 30.3 Å². The SMILES string of the molecule is C/C(=C(\CCOP(=O)(O)O)SC(=O)/C=C/c1cccc(I)c1)N(C=O)Cc1cnc(C)nc1N. The average Bonchev–Trinajstić information content (AvgIpc) is 2.75. The van der Waals surface area contributed by atoms with E-state index in [-0.39, 0.29) is 30.5 Å². The number of amides is 1. The van der Waals surface area contributed by atoms with Crippen LogP contribution in [0.3, 0.4) is 0 Å². The molecule has 1 heterocycles. The molecule has 0 aliphatic heterocycles. The predicted octanol–water partition coefficient (Wildman–Crippen LogP) is 3.63. The number of phosphoric ester groups is 1. The molecular formula is C21H24IN4O6PS. The van der Waals surface area contributed by atoms with Crippen LogP contribution in [-0.2, 0) is 25.2 Å². The van der Waals surface area contributed by atoms with Gasteiger partial charge in [-0.2, -0.15) is 0 Å². The molecule has 2 aromatic rings. The largest absolute Gasteiger partial charge is 0.469 e. The lowest BCUT2D eigenvalue weighted by Crippen LogP contribution is -2.22. The zero-order chi connectivity index (χ0) is 25.3. The fourth-order valence-electron chi connectivity index (χ4n) is 2.71. The molecule has 10 nitrogen and oxygen atoms in total. The van der Waals surface area contributed by atoms with Crippen LogP contribution in [0, 0.1) is 10.5 Å². The van der Waals surface area contributed by atoms with Gasteiger partial charge >= 0.3 is 7.82 Å². The highest BCUT2D eigenvalue weighted by Gasteiger charge is 2.19. The van der Waals surface area contributed by atoms with E-state index >= 15 is 0 Å². The number of allylic oxidation sites excluding steroid dienone is 1. The molecule has 0 aliphatic rings. The van der Waals surface area contributed by atoms with Gasteiger partial charge in [-0.05, 0) is 72.0 Å². The third-order valence-corrected chi connectivity index (χ3v) is 6.67. The number of nitrogens with two attached hydrogens (primary N) is 1. The Hall–Kier alpha value is -2.09. The summed E-state index contributed by atoms with van der Waals surface area (Å²) in [4.78, 5) is 52.3. The maximum Gasteiger partial charge on any atom is 0.469 e. The summed E-state index contributed by atoms with van der Waals surface area (Å²) in [6.45, 7) is 3.02. The number of carbonyl (C=O) groups is 2. The van der Waals surface area contributed by atoms with Gasteiger partial charge in [0.25, 0.3) is 0 Å². The Balaban J connectivity index is 2.26. The number of aromatic nitrogens is 2. The number of hydrogen-bond acceptors (Lipinski definition) is 8. The lowest BCUT2D eigenvalue weighted by Gasteiger charge is -2.22. The summed E-state index contributed by atoms with van der Waals surface area (Å²) in [5.41, 5.74) is 7.69. The Labute approximate surface area is 215 Å². The molecule has 1 amide bonds. The molecule has 0 unspecified atom stereocenters. The van der Waals surface area contributed by atoms with Gasteiger partial charge in [0.2, 0.25) is 11.5 Å². The van der Waals surface area contributed by atoms with Gasteiger partial charge in [0.05, 0.1) is 13.2 Å². The highest BCUT2D eigenvalue weighted by molar-refractivity contribution is 14.1. The van der Waals surface area contributed by atoms with Crippen molar-refractivity contribution in [3.8, 4) is 0 Å². The molecule has 0 saturated heterocycles. The number of carbonyl (C=O) groups excluding carboxylic acids is 2. The summed E-state index contributed by atoms with van der Waals surface area (Å²) in [7, 11) is -4.69. The average molecular weight is 618 g/mol. The van der Waals surface area contributed by atoms with Crippen molar-refractivity contribution in [2.75, 3.05) is 12.3 Å². The van der Waals surface area contributed by atoms with E-state index in [1.807, 2.05) is 24.3 Å². The molecule has 1 aromatic heterocycles. The lowest BCUT2D eigenvalue weighted by molar-refractivity contribution is -0.117. The highest BCUT2D eigenvalue weighted by Crippen LogP contribution is 2.37. The number of anilines is 1. The van der Waals surface area contributed by atoms with Gasteiger partial charge in [-0.3, -0.25) is 14.1 Å². The minimum atomic E-state index is -4.69. The Bertz CT molecular complexity index is 1150. The fourth-order valence-corrected chi connectivity index (χ4v) is 4.43. The first-order valence-electron chi connectivity index (χ1n) is 9.83. The maximum absolute atomic E-state index is 12.6. The van der Waals surface area contributed by atoms with Gasteiger partial charge in [0.1, 0.15) is 11.6 Å². The first-order valence-corrected chi connectivity index (χ1v) is 13.3. The Morgan fingerprint density at radius 3 is 2.74 bits per heavy atom. The number of hydrogen-bond donors (Lipinski definition) is 3. The normalized spacial score (nSPS) is 12.5. The monoisotopic (exact) mass is 618 g/mol. The maximum atomic E-state index is 12.6. The van der Waals surface area contributed by atoms with Crippen LogP contribution < -0.4 is 5.73 Å². The molecule has 0 spiro atoms. The highest BCUT2D eigenvalue weighted by atomic mass is 127. The third kappa shape index (κ3) is 9.65. The van der Waals surface area contributed by atoms with Gasteiger partial charge in [0, 0.05) is 32.4 Å². The molecule has 0 saturated carbocycles. The van der Waals surface area contributed by atoms with Crippen molar-refractivity contribution in [1.29, 1.82) is 0 Å². The lowest BCUT2D eigenvalue weighted by atomic mass is 10.2. The quantitative estimate of drug-likeness (QED) is 0.147. The van der Waals surface area contributed by atoms with Gasteiger partial charge in [-0.15, -0.1) is 0 Å². The zero-order valence-electron chi connectivity index (χ0n) is 18.4. The van der Waals surface area contributed by atoms with Gasteiger partial charge in [0.15, 0.2) is 0 Å². The van der Waals surface area contributed by atoms with Crippen molar-refractivity contribution in [1.82, 2.24) is 14.9 Å². The summed E-state index contributed by atoms with van der Waals surface area (Å²) in [6.07, 6.45) is 5.14. The number of rotatable bonds is 11. The number of halogens is 1. The second-order valence-electron chi connectivity index (χ2n) is 6.95. The molecule has 13 heteroatoms. The summed E-state index contributed by atoms with van der Waals surface area (Å²) in [5, 5.41) is -0.326. The second-order valence-corrected chi connectivity index (χ2v) is 10.5. The van der Waals surface area contributed by atoms with Crippen LogP contribution in [0.15, 0.2) is 47.1 Å². The molecule has 0 atom stereocenters. The molecule has 2 rings (SSSR count). The molecule has 4 N–H and O–H groups in total. The molecule has 0 fully saturated rings. The fraction of sp³-hybridized carbons (Fsp3) is 0.238. The number of thioether (sulfide) groups is 1. The van der Waals surface area contributed by atoms with Crippen molar-refractivity contribution in [3.63, 3.8) is 0 Å². The molecule has 182 valence electrons. The predicted molar refractivity (Wildman–Crippen MR) is 139 cm³/mol.